The lowest BCUT2D eigenvalue weighted by atomic mass is 10.1. The highest BCUT2D eigenvalue weighted by Gasteiger charge is 2.06. The van der Waals surface area contributed by atoms with Crippen molar-refractivity contribution in [3.63, 3.8) is 0 Å². The van der Waals surface area contributed by atoms with E-state index >= 15 is 0 Å². The fourth-order valence-corrected chi connectivity index (χ4v) is 1.13. The number of hydrogen-bond acceptors (Lipinski definition) is 4. The van der Waals surface area contributed by atoms with Crippen LogP contribution in [0.3, 0.4) is 0 Å². The van der Waals surface area contributed by atoms with Crippen molar-refractivity contribution in [1.82, 2.24) is 4.98 Å². The molecule has 0 spiro atoms. The molecule has 5 heteroatoms. The molecular weight excluding hydrogens is 176 g/mol. The van der Waals surface area contributed by atoms with Crippen LogP contribution < -0.4 is 11.3 Å². The Morgan fingerprint density at radius 2 is 2.42 bits per heavy atom. The number of hydrazine groups is 1. The molecule has 0 unspecified atom stereocenters. The Balaban J connectivity index is 3.36. The van der Waals surface area contributed by atoms with Crippen molar-refractivity contribution in [2.75, 3.05) is 5.43 Å². The largest absolute Gasteiger partial charge is 0.307 e. The molecule has 1 aromatic heterocycles. The molecule has 3 N–H and O–H groups in total. The minimum Gasteiger partial charge on any atom is -0.307 e. The van der Waals surface area contributed by atoms with Gasteiger partial charge < -0.3 is 5.43 Å². The van der Waals surface area contributed by atoms with E-state index in [0.29, 0.717) is 16.5 Å². The maximum absolute atomic E-state index is 8.69. The second-order valence-electron chi connectivity index (χ2n) is 2.24. The van der Waals surface area contributed by atoms with Crippen molar-refractivity contribution in [3.8, 4) is 6.07 Å². The highest BCUT2D eigenvalue weighted by Crippen LogP contribution is 2.19. The standard InChI is InChI=1S/C7H7ClN4/c1-4-2-6(8)11-7(12-10)5(4)3-9/h2H,10H2,1H3,(H,11,12). The number of anilines is 1. The Morgan fingerprint density at radius 1 is 1.75 bits per heavy atom. The van der Waals surface area contributed by atoms with E-state index in [0.717, 1.165) is 5.56 Å². The normalized spacial score (nSPS) is 9.17. The van der Waals surface area contributed by atoms with Crippen molar-refractivity contribution >= 4 is 17.4 Å². The Hall–Kier alpha value is -1.31. The van der Waals surface area contributed by atoms with Gasteiger partial charge in [-0.25, -0.2) is 10.8 Å². The first-order chi connectivity index (χ1) is 5.69. The number of pyridine rings is 1. The van der Waals surface area contributed by atoms with E-state index in [4.69, 9.17) is 22.7 Å². The molecule has 0 saturated heterocycles. The minimum atomic E-state index is 0.308. The molecule has 0 aliphatic rings. The van der Waals surface area contributed by atoms with Crippen molar-refractivity contribution in [3.05, 3.63) is 22.3 Å². The molecule has 0 amide bonds. The predicted molar refractivity (Wildman–Crippen MR) is 46.5 cm³/mol. The van der Waals surface area contributed by atoms with Gasteiger partial charge in [0.2, 0.25) is 0 Å². The zero-order chi connectivity index (χ0) is 9.14. The third kappa shape index (κ3) is 1.47. The van der Waals surface area contributed by atoms with Gasteiger partial charge in [-0.1, -0.05) is 11.6 Å². The highest BCUT2D eigenvalue weighted by atomic mass is 35.5. The third-order valence-corrected chi connectivity index (χ3v) is 1.63. The first kappa shape index (κ1) is 8.78. The van der Waals surface area contributed by atoms with Gasteiger partial charge in [-0.15, -0.1) is 0 Å². The molecule has 0 aromatic carbocycles. The Kier molecular flexibility index (Phi) is 2.48. The SMILES string of the molecule is Cc1cc(Cl)nc(NN)c1C#N. The molecule has 1 aromatic rings. The summed E-state index contributed by atoms with van der Waals surface area (Å²) in [5, 5.41) is 9.01. The summed E-state index contributed by atoms with van der Waals surface area (Å²) in [5.74, 6) is 5.45. The quantitative estimate of drug-likeness (QED) is 0.389. The number of nitrogens with two attached hydrogens (primary N) is 1. The van der Waals surface area contributed by atoms with Crippen molar-refractivity contribution in [1.29, 1.82) is 5.26 Å². The lowest BCUT2D eigenvalue weighted by Crippen LogP contribution is -2.11. The number of nitrogens with zero attached hydrogens (tertiary/aromatic N) is 2. The summed E-state index contributed by atoms with van der Waals surface area (Å²) in [6, 6.07) is 3.59. The van der Waals surface area contributed by atoms with Crippen LogP contribution in [-0.4, -0.2) is 4.98 Å². The first-order valence-electron chi connectivity index (χ1n) is 3.23. The molecule has 4 nitrogen and oxygen atoms in total. The van der Waals surface area contributed by atoms with Gasteiger partial charge >= 0.3 is 0 Å². The second kappa shape index (κ2) is 3.39. The summed E-state index contributed by atoms with van der Waals surface area (Å²) in [5.41, 5.74) is 3.48. The van der Waals surface area contributed by atoms with Crippen LogP contribution in [0.15, 0.2) is 6.07 Å². The van der Waals surface area contributed by atoms with Gasteiger partial charge in [-0.05, 0) is 18.6 Å². The Morgan fingerprint density at radius 3 is 2.92 bits per heavy atom. The van der Waals surface area contributed by atoms with E-state index in [1.165, 1.54) is 0 Å². The fourth-order valence-electron chi connectivity index (χ4n) is 0.878. The Labute approximate surface area is 74.9 Å². The summed E-state index contributed by atoms with van der Waals surface area (Å²) in [6.45, 7) is 1.77. The van der Waals surface area contributed by atoms with Gasteiger partial charge in [0.25, 0.3) is 0 Å². The van der Waals surface area contributed by atoms with E-state index < -0.39 is 0 Å². The number of aromatic nitrogens is 1. The van der Waals surface area contributed by atoms with Crippen LogP contribution >= 0.6 is 11.6 Å². The van der Waals surface area contributed by atoms with Crippen LogP contribution in [0.1, 0.15) is 11.1 Å². The molecule has 1 heterocycles. The molecular formula is C7H7ClN4. The number of nitrogens with one attached hydrogen (secondary N) is 1. The van der Waals surface area contributed by atoms with Gasteiger partial charge in [-0.3, -0.25) is 0 Å². The van der Waals surface area contributed by atoms with E-state index in [1.807, 2.05) is 6.07 Å². The number of nitriles is 1. The van der Waals surface area contributed by atoms with Crippen molar-refractivity contribution < 1.29 is 0 Å². The third-order valence-electron chi connectivity index (χ3n) is 1.43. The molecule has 0 bridgehead atoms. The van der Waals surface area contributed by atoms with Crippen LogP contribution in [0.2, 0.25) is 5.15 Å². The van der Waals surface area contributed by atoms with E-state index in [1.54, 1.807) is 13.0 Å². The molecule has 0 aliphatic carbocycles. The van der Waals surface area contributed by atoms with Gasteiger partial charge in [0.1, 0.15) is 11.2 Å². The number of rotatable bonds is 1. The zero-order valence-corrected chi connectivity index (χ0v) is 7.18. The molecule has 1 rings (SSSR count). The van der Waals surface area contributed by atoms with Crippen LogP contribution in [-0.2, 0) is 0 Å². The molecule has 0 aliphatic heterocycles. The van der Waals surface area contributed by atoms with Crippen molar-refractivity contribution in [2.24, 2.45) is 5.84 Å². The molecule has 0 atom stereocenters. The lowest BCUT2D eigenvalue weighted by molar-refractivity contribution is 1.19. The second-order valence-corrected chi connectivity index (χ2v) is 2.63. The summed E-state index contributed by atoms with van der Waals surface area (Å²) in [7, 11) is 0. The molecule has 12 heavy (non-hydrogen) atoms. The number of halogens is 1. The molecule has 62 valence electrons. The smallest absolute Gasteiger partial charge is 0.159 e. The van der Waals surface area contributed by atoms with E-state index in [9.17, 15) is 0 Å². The number of aryl methyl sites for hydroxylation is 1. The maximum atomic E-state index is 8.69. The highest BCUT2D eigenvalue weighted by molar-refractivity contribution is 6.29. The summed E-state index contributed by atoms with van der Waals surface area (Å²) >= 11 is 5.64. The monoisotopic (exact) mass is 182 g/mol. The average Bonchev–Trinajstić information content (AvgIpc) is 2.03. The predicted octanol–water partition coefficient (Wildman–Crippen LogP) is 1.20. The van der Waals surface area contributed by atoms with Crippen LogP contribution in [0, 0.1) is 18.3 Å². The topological polar surface area (TPSA) is 74.7 Å². The average molecular weight is 183 g/mol. The first-order valence-corrected chi connectivity index (χ1v) is 3.60. The van der Waals surface area contributed by atoms with E-state index in [-0.39, 0.29) is 0 Å². The van der Waals surface area contributed by atoms with Crippen LogP contribution in [0.5, 0.6) is 0 Å². The number of hydrogen-bond donors (Lipinski definition) is 2. The van der Waals surface area contributed by atoms with Gasteiger partial charge in [0.15, 0.2) is 5.82 Å². The zero-order valence-electron chi connectivity index (χ0n) is 6.43. The minimum absolute atomic E-state index is 0.308. The van der Waals surface area contributed by atoms with Gasteiger partial charge in [-0.2, -0.15) is 5.26 Å². The van der Waals surface area contributed by atoms with Crippen molar-refractivity contribution in [2.45, 2.75) is 6.92 Å². The fraction of sp³-hybridized carbons (Fsp3) is 0.143. The maximum Gasteiger partial charge on any atom is 0.159 e. The molecule has 0 saturated carbocycles. The van der Waals surface area contributed by atoms with Crippen LogP contribution in [0.25, 0.3) is 0 Å². The van der Waals surface area contributed by atoms with Gasteiger partial charge in [0.05, 0.1) is 5.56 Å². The Bertz CT molecular complexity index is 342. The lowest BCUT2D eigenvalue weighted by Gasteiger charge is -2.04. The molecule has 0 radical (unpaired) electrons. The summed E-state index contributed by atoms with van der Waals surface area (Å²) in [6.07, 6.45) is 0. The summed E-state index contributed by atoms with van der Waals surface area (Å²) < 4.78 is 0. The van der Waals surface area contributed by atoms with E-state index in [2.05, 4.69) is 10.4 Å². The number of nitrogen functional groups attached to an aromatic ring is 1. The molecule has 0 fully saturated rings. The summed E-state index contributed by atoms with van der Waals surface area (Å²) in [4.78, 5) is 3.83. The van der Waals surface area contributed by atoms with Crippen LogP contribution in [0.4, 0.5) is 5.82 Å². The van der Waals surface area contributed by atoms with Gasteiger partial charge in [0, 0.05) is 0 Å².